The molecule has 0 aliphatic carbocycles. The molecular weight excluding hydrogens is 246 g/mol. The first-order valence-electron chi connectivity index (χ1n) is 6.40. The van der Waals surface area contributed by atoms with Gasteiger partial charge in [0, 0.05) is 26.8 Å². The summed E-state index contributed by atoms with van der Waals surface area (Å²) in [5.74, 6) is 2.65. The van der Waals surface area contributed by atoms with Crippen LogP contribution in [0.1, 0.15) is 12.5 Å². The molecule has 1 aromatic rings. The Morgan fingerprint density at radius 3 is 2.89 bits per heavy atom. The van der Waals surface area contributed by atoms with E-state index in [1.807, 2.05) is 12.1 Å². The van der Waals surface area contributed by atoms with E-state index in [1.54, 1.807) is 14.2 Å². The molecule has 0 spiro atoms. The summed E-state index contributed by atoms with van der Waals surface area (Å²) >= 11 is 0. The Kier molecular flexibility index (Phi) is 4.87. The van der Waals surface area contributed by atoms with Gasteiger partial charge in [-0.15, -0.1) is 0 Å². The first kappa shape index (κ1) is 14.0. The van der Waals surface area contributed by atoms with Gasteiger partial charge in [-0.25, -0.2) is 0 Å². The van der Waals surface area contributed by atoms with Gasteiger partial charge in [-0.1, -0.05) is 6.92 Å². The lowest BCUT2D eigenvalue weighted by Crippen LogP contribution is -2.23. The average molecular weight is 267 g/mol. The highest BCUT2D eigenvalue weighted by Gasteiger charge is 2.19. The minimum atomic E-state index is 0.257. The Labute approximate surface area is 113 Å². The van der Waals surface area contributed by atoms with Gasteiger partial charge in [0.2, 0.25) is 12.5 Å². The van der Waals surface area contributed by atoms with Crippen molar-refractivity contribution in [3.63, 3.8) is 0 Å². The van der Waals surface area contributed by atoms with Crippen molar-refractivity contribution >= 4 is 0 Å². The SMILES string of the molecule is COCC(C)CNCc1cc(OC)c2c(c1)OCO2. The predicted octanol–water partition coefficient (Wildman–Crippen LogP) is 1.80. The molecule has 0 aromatic heterocycles. The zero-order chi connectivity index (χ0) is 13.7. The number of benzene rings is 1. The lowest BCUT2D eigenvalue weighted by Gasteiger charge is -2.12. The van der Waals surface area contributed by atoms with Crippen LogP contribution in [-0.2, 0) is 11.3 Å². The van der Waals surface area contributed by atoms with Crippen molar-refractivity contribution in [2.24, 2.45) is 5.92 Å². The molecule has 1 N–H and O–H groups in total. The topological polar surface area (TPSA) is 49.0 Å². The second-order valence-electron chi connectivity index (χ2n) is 4.72. The molecule has 1 unspecified atom stereocenters. The summed E-state index contributed by atoms with van der Waals surface area (Å²) in [5, 5.41) is 3.40. The van der Waals surface area contributed by atoms with Gasteiger partial charge in [0.1, 0.15) is 0 Å². The van der Waals surface area contributed by atoms with Crippen LogP contribution in [0.4, 0.5) is 0 Å². The molecule has 1 heterocycles. The first-order chi connectivity index (χ1) is 9.24. The second kappa shape index (κ2) is 6.63. The summed E-state index contributed by atoms with van der Waals surface area (Å²) < 4.78 is 21.2. The van der Waals surface area contributed by atoms with Crippen LogP contribution in [-0.4, -0.2) is 34.2 Å². The van der Waals surface area contributed by atoms with Gasteiger partial charge in [-0.05, 0) is 23.6 Å². The van der Waals surface area contributed by atoms with E-state index in [9.17, 15) is 0 Å². The van der Waals surface area contributed by atoms with Gasteiger partial charge in [0.05, 0.1) is 7.11 Å². The summed E-state index contributed by atoms with van der Waals surface area (Å²) in [5.41, 5.74) is 1.12. The van der Waals surface area contributed by atoms with E-state index in [-0.39, 0.29) is 6.79 Å². The van der Waals surface area contributed by atoms with Gasteiger partial charge in [0.15, 0.2) is 11.5 Å². The standard InChI is InChI=1S/C14H21NO4/c1-10(8-16-2)6-15-7-11-4-12(17-3)14-13(5-11)18-9-19-14/h4-5,10,15H,6-9H2,1-3H3. The number of nitrogens with one attached hydrogen (secondary N) is 1. The maximum absolute atomic E-state index is 5.40. The van der Waals surface area contributed by atoms with Crippen LogP contribution in [0.25, 0.3) is 0 Å². The third-order valence-electron chi connectivity index (χ3n) is 2.99. The summed E-state index contributed by atoms with van der Waals surface area (Å²) in [6, 6.07) is 3.96. The largest absolute Gasteiger partial charge is 0.493 e. The molecule has 5 heteroatoms. The third-order valence-corrected chi connectivity index (χ3v) is 2.99. The minimum absolute atomic E-state index is 0.257. The highest BCUT2D eigenvalue weighted by molar-refractivity contribution is 5.55. The zero-order valence-corrected chi connectivity index (χ0v) is 11.7. The van der Waals surface area contributed by atoms with Crippen molar-refractivity contribution < 1.29 is 18.9 Å². The van der Waals surface area contributed by atoms with Gasteiger partial charge >= 0.3 is 0 Å². The number of hydrogen-bond donors (Lipinski definition) is 1. The third kappa shape index (κ3) is 3.52. The highest BCUT2D eigenvalue weighted by atomic mass is 16.7. The van der Waals surface area contributed by atoms with Crippen LogP contribution in [0.15, 0.2) is 12.1 Å². The molecule has 0 saturated carbocycles. The molecular formula is C14H21NO4. The summed E-state index contributed by atoms with van der Waals surface area (Å²) in [6.07, 6.45) is 0. The average Bonchev–Trinajstić information content (AvgIpc) is 2.86. The van der Waals surface area contributed by atoms with Crippen molar-refractivity contribution in [2.75, 3.05) is 34.2 Å². The molecule has 0 radical (unpaired) electrons. The smallest absolute Gasteiger partial charge is 0.231 e. The number of methoxy groups -OCH3 is 2. The van der Waals surface area contributed by atoms with Gasteiger partial charge in [-0.3, -0.25) is 0 Å². The molecule has 2 rings (SSSR count). The molecule has 1 aliphatic heterocycles. The van der Waals surface area contributed by atoms with Gasteiger partial charge < -0.3 is 24.3 Å². The molecule has 5 nitrogen and oxygen atoms in total. The minimum Gasteiger partial charge on any atom is -0.493 e. The van der Waals surface area contributed by atoms with E-state index in [2.05, 4.69) is 12.2 Å². The summed E-state index contributed by atoms with van der Waals surface area (Å²) in [4.78, 5) is 0. The zero-order valence-electron chi connectivity index (χ0n) is 11.7. The normalized spacial score (nSPS) is 14.5. The van der Waals surface area contributed by atoms with E-state index < -0.39 is 0 Å². The maximum Gasteiger partial charge on any atom is 0.231 e. The van der Waals surface area contributed by atoms with E-state index in [1.165, 1.54) is 0 Å². The quantitative estimate of drug-likeness (QED) is 0.816. The van der Waals surface area contributed by atoms with E-state index in [0.29, 0.717) is 11.7 Å². The molecule has 0 saturated heterocycles. The lowest BCUT2D eigenvalue weighted by atomic mass is 10.1. The maximum atomic E-state index is 5.40. The molecule has 0 fully saturated rings. The summed E-state index contributed by atoms with van der Waals surface area (Å²) in [7, 11) is 3.36. The number of rotatable bonds is 7. The molecule has 1 aromatic carbocycles. The van der Waals surface area contributed by atoms with Crippen molar-refractivity contribution in [3.05, 3.63) is 17.7 Å². The fourth-order valence-corrected chi connectivity index (χ4v) is 2.09. The molecule has 0 bridgehead atoms. The fraction of sp³-hybridized carbons (Fsp3) is 0.571. The fourth-order valence-electron chi connectivity index (χ4n) is 2.09. The predicted molar refractivity (Wildman–Crippen MR) is 71.9 cm³/mol. The monoisotopic (exact) mass is 267 g/mol. The molecule has 106 valence electrons. The van der Waals surface area contributed by atoms with E-state index in [0.717, 1.165) is 36.8 Å². The second-order valence-corrected chi connectivity index (χ2v) is 4.72. The number of fused-ring (bicyclic) bond motifs is 1. The molecule has 0 amide bonds. The molecule has 1 aliphatic rings. The molecule has 19 heavy (non-hydrogen) atoms. The van der Waals surface area contributed by atoms with Crippen LogP contribution >= 0.6 is 0 Å². The highest BCUT2D eigenvalue weighted by Crippen LogP contribution is 2.41. The Bertz CT molecular complexity index is 422. The summed E-state index contributed by atoms with van der Waals surface area (Å²) in [6.45, 7) is 4.84. The van der Waals surface area contributed by atoms with Crippen molar-refractivity contribution in [2.45, 2.75) is 13.5 Å². The van der Waals surface area contributed by atoms with Crippen molar-refractivity contribution in [3.8, 4) is 17.2 Å². The molecule has 1 atom stereocenters. The van der Waals surface area contributed by atoms with Crippen LogP contribution in [0.3, 0.4) is 0 Å². The first-order valence-corrected chi connectivity index (χ1v) is 6.40. The Morgan fingerprint density at radius 1 is 1.32 bits per heavy atom. The van der Waals surface area contributed by atoms with Gasteiger partial charge in [0.25, 0.3) is 0 Å². The Balaban J connectivity index is 1.94. The Hall–Kier alpha value is -1.46. The van der Waals surface area contributed by atoms with Crippen LogP contribution in [0, 0.1) is 5.92 Å². The van der Waals surface area contributed by atoms with Crippen molar-refractivity contribution in [1.29, 1.82) is 0 Å². The van der Waals surface area contributed by atoms with E-state index in [4.69, 9.17) is 18.9 Å². The van der Waals surface area contributed by atoms with Gasteiger partial charge in [-0.2, -0.15) is 0 Å². The number of hydrogen-bond acceptors (Lipinski definition) is 5. The van der Waals surface area contributed by atoms with Crippen LogP contribution in [0.5, 0.6) is 17.2 Å². The Morgan fingerprint density at radius 2 is 2.16 bits per heavy atom. The number of ether oxygens (including phenoxy) is 4. The van der Waals surface area contributed by atoms with Crippen molar-refractivity contribution in [1.82, 2.24) is 5.32 Å². The van der Waals surface area contributed by atoms with E-state index >= 15 is 0 Å². The van der Waals surface area contributed by atoms with Crippen LogP contribution < -0.4 is 19.5 Å². The van der Waals surface area contributed by atoms with Crippen LogP contribution in [0.2, 0.25) is 0 Å². The lowest BCUT2D eigenvalue weighted by molar-refractivity contribution is 0.158.